The van der Waals surface area contributed by atoms with Crippen LogP contribution in [-0.4, -0.2) is 21.3 Å². The highest BCUT2D eigenvalue weighted by atomic mass is 35.5. The van der Waals surface area contributed by atoms with E-state index in [1.165, 1.54) is 11.1 Å². The van der Waals surface area contributed by atoms with Gasteiger partial charge in [-0.3, -0.25) is 0 Å². The van der Waals surface area contributed by atoms with E-state index in [2.05, 4.69) is 5.32 Å². The molecule has 1 atom stereocenters. The number of nitrogens with one attached hydrogen (secondary N) is 1. The van der Waals surface area contributed by atoms with E-state index in [1.807, 2.05) is 13.1 Å². The van der Waals surface area contributed by atoms with E-state index in [1.54, 1.807) is 14.2 Å². The summed E-state index contributed by atoms with van der Waals surface area (Å²) in [5.74, 6) is 1.34. The van der Waals surface area contributed by atoms with Gasteiger partial charge in [-0.2, -0.15) is 0 Å². The van der Waals surface area contributed by atoms with Crippen LogP contribution in [0.25, 0.3) is 0 Å². The summed E-state index contributed by atoms with van der Waals surface area (Å²) in [5, 5.41) is 3.97. The molecule has 0 fully saturated rings. The summed E-state index contributed by atoms with van der Waals surface area (Å²) < 4.78 is 10.6. The summed E-state index contributed by atoms with van der Waals surface area (Å²) in [6, 6.07) is 2.39. The molecular weight excluding hydrogens is 226 g/mol. The number of rotatable bonds is 3. The normalized spacial score (nSPS) is 18.4. The van der Waals surface area contributed by atoms with Crippen LogP contribution in [0.15, 0.2) is 6.07 Å². The Labute approximate surface area is 101 Å². The van der Waals surface area contributed by atoms with E-state index in [-0.39, 0.29) is 0 Å². The van der Waals surface area contributed by atoms with Crippen molar-refractivity contribution in [3.63, 3.8) is 0 Å². The van der Waals surface area contributed by atoms with Crippen LogP contribution in [0.2, 0.25) is 5.02 Å². The maximum absolute atomic E-state index is 6.33. The minimum absolute atomic E-state index is 0.368. The summed E-state index contributed by atoms with van der Waals surface area (Å²) in [7, 11) is 5.20. The van der Waals surface area contributed by atoms with Crippen LogP contribution in [0, 0.1) is 0 Å². The second kappa shape index (κ2) is 4.52. The van der Waals surface area contributed by atoms with E-state index >= 15 is 0 Å². The van der Waals surface area contributed by atoms with Gasteiger partial charge in [-0.1, -0.05) is 11.6 Å². The van der Waals surface area contributed by atoms with E-state index in [0.29, 0.717) is 22.6 Å². The minimum Gasteiger partial charge on any atom is -0.493 e. The molecule has 0 aromatic heterocycles. The lowest BCUT2D eigenvalue weighted by atomic mass is 10.1. The number of methoxy groups -OCH3 is 2. The Morgan fingerprint density at radius 2 is 2.12 bits per heavy atom. The molecule has 1 aliphatic rings. The molecule has 3 nitrogen and oxygen atoms in total. The second-order valence-electron chi connectivity index (χ2n) is 3.87. The van der Waals surface area contributed by atoms with Gasteiger partial charge >= 0.3 is 0 Å². The average Bonchev–Trinajstić information content (AvgIpc) is 2.71. The van der Waals surface area contributed by atoms with Gasteiger partial charge in [0.2, 0.25) is 0 Å². The van der Waals surface area contributed by atoms with Gasteiger partial charge < -0.3 is 14.8 Å². The first-order valence-corrected chi connectivity index (χ1v) is 5.71. The lowest BCUT2D eigenvalue weighted by molar-refractivity contribution is 0.354. The molecule has 1 aliphatic carbocycles. The standard InChI is InChI=1S/C12H16ClNO2/c1-14-9-5-4-7-8(9)6-10(15-2)12(16-3)11(7)13/h6,9,14H,4-5H2,1-3H3. The summed E-state index contributed by atoms with van der Waals surface area (Å²) >= 11 is 6.33. The summed E-state index contributed by atoms with van der Waals surface area (Å²) in [4.78, 5) is 0. The molecule has 0 saturated heterocycles. The van der Waals surface area contributed by atoms with Gasteiger partial charge in [0, 0.05) is 6.04 Å². The molecule has 1 aromatic carbocycles. The van der Waals surface area contributed by atoms with E-state index in [9.17, 15) is 0 Å². The largest absolute Gasteiger partial charge is 0.493 e. The molecule has 0 spiro atoms. The fourth-order valence-corrected chi connectivity index (χ4v) is 2.69. The Balaban J connectivity index is 2.57. The Morgan fingerprint density at radius 1 is 1.38 bits per heavy atom. The van der Waals surface area contributed by atoms with Crippen molar-refractivity contribution in [1.82, 2.24) is 5.32 Å². The lowest BCUT2D eigenvalue weighted by Gasteiger charge is -2.15. The second-order valence-corrected chi connectivity index (χ2v) is 4.25. The molecule has 0 heterocycles. The van der Waals surface area contributed by atoms with Crippen LogP contribution in [0.5, 0.6) is 11.5 Å². The predicted octanol–water partition coefficient (Wildman–Crippen LogP) is 2.56. The molecule has 16 heavy (non-hydrogen) atoms. The maximum Gasteiger partial charge on any atom is 0.179 e. The van der Waals surface area contributed by atoms with Crippen molar-refractivity contribution in [1.29, 1.82) is 0 Å². The number of fused-ring (bicyclic) bond motifs is 1. The van der Waals surface area contributed by atoms with Crippen LogP contribution in [-0.2, 0) is 6.42 Å². The Kier molecular flexibility index (Phi) is 3.26. The zero-order chi connectivity index (χ0) is 11.7. The SMILES string of the molecule is CNC1CCc2c1cc(OC)c(OC)c2Cl. The van der Waals surface area contributed by atoms with Gasteiger partial charge in [0.1, 0.15) is 0 Å². The van der Waals surface area contributed by atoms with Crippen molar-refractivity contribution in [2.75, 3.05) is 21.3 Å². The summed E-state index contributed by atoms with van der Waals surface area (Å²) in [6.45, 7) is 0. The Bertz CT molecular complexity index is 406. The number of hydrogen-bond donors (Lipinski definition) is 1. The molecule has 1 N–H and O–H groups in total. The molecule has 0 amide bonds. The zero-order valence-electron chi connectivity index (χ0n) is 9.76. The highest BCUT2D eigenvalue weighted by Crippen LogP contribution is 2.45. The molecular formula is C12H16ClNO2. The third kappa shape index (κ3) is 1.64. The van der Waals surface area contributed by atoms with Crippen LogP contribution in [0.1, 0.15) is 23.6 Å². The number of halogens is 1. The predicted molar refractivity (Wildman–Crippen MR) is 64.7 cm³/mol. The zero-order valence-corrected chi connectivity index (χ0v) is 10.5. The third-order valence-electron chi connectivity index (χ3n) is 3.15. The number of ether oxygens (including phenoxy) is 2. The first-order valence-electron chi connectivity index (χ1n) is 5.33. The van der Waals surface area contributed by atoms with Gasteiger partial charge in [-0.15, -0.1) is 0 Å². The Hall–Kier alpha value is -0.930. The molecule has 0 aliphatic heterocycles. The van der Waals surface area contributed by atoms with Gasteiger partial charge in [-0.05, 0) is 37.1 Å². The summed E-state index contributed by atoms with van der Waals surface area (Å²) in [5.41, 5.74) is 2.41. The van der Waals surface area contributed by atoms with E-state index in [4.69, 9.17) is 21.1 Å². The fourth-order valence-electron chi connectivity index (χ4n) is 2.32. The lowest BCUT2D eigenvalue weighted by Crippen LogP contribution is -2.13. The number of hydrogen-bond acceptors (Lipinski definition) is 3. The van der Waals surface area contributed by atoms with E-state index in [0.717, 1.165) is 12.8 Å². The van der Waals surface area contributed by atoms with Crippen molar-refractivity contribution in [3.05, 3.63) is 22.2 Å². The minimum atomic E-state index is 0.368. The smallest absolute Gasteiger partial charge is 0.179 e. The molecule has 0 bridgehead atoms. The van der Waals surface area contributed by atoms with Crippen LogP contribution >= 0.6 is 11.6 Å². The third-order valence-corrected chi connectivity index (χ3v) is 3.55. The van der Waals surface area contributed by atoms with E-state index < -0.39 is 0 Å². The molecule has 0 saturated carbocycles. The van der Waals surface area contributed by atoms with Crippen LogP contribution < -0.4 is 14.8 Å². The van der Waals surface area contributed by atoms with Gasteiger partial charge in [-0.25, -0.2) is 0 Å². The monoisotopic (exact) mass is 241 g/mol. The van der Waals surface area contributed by atoms with Gasteiger partial charge in [0.25, 0.3) is 0 Å². The van der Waals surface area contributed by atoms with Crippen LogP contribution in [0.3, 0.4) is 0 Å². The van der Waals surface area contributed by atoms with Crippen molar-refractivity contribution in [3.8, 4) is 11.5 Å². The Morgan fingerprint density at radius 3 is 2.69 bits per heavy atom. The summed E-state index contributed by atoms with van der Waals surface area (Å²) in [6.07, 6.45) is 2.06. The molecule has 1 aromatic rings. The first kappa shape index (κ1) is 11.6. The maximum atomic E-state index is 6.33. The van der Waals surface area contributed by atoms with Crippen molar-refractivity contribution >= 4 is 11.6 Å². The quantitative estimate of drug-likeness (QED) is 0.882. The van der Waals surface area contributed by atoms with Gasteiger partial charge in [0.05, 0.1) is 19.2 Å². The molecule has 1 unspecified atom stereocenters. The number of benzene rings is 1. The topological polar surface area (TPSA) is 30.5 Å². The average molecular weight is 242 g/mol. The first-order chi connectivity index (χ1) is 7.72. The van der Waals surface area contributed by atoms with Crippen LogP contribution in [0.4, 0.5) is 0 Å². The molecule has 2 rings (SSSR count). The fraction of sp³-hybridized carbons (Fsp3) is 0.500. The van der Waals surface area contributed by atoms with Crippen molar-refractivity contribution in [2.45, 2.75) is 18.9 Å². The highest BCUT2D eigenvalue weighted by molar-refractivity contribution is 6.33. The van der Waals surface area contributed by atoms with Crippen molar-refractivity contribution in [2.24, 2.45) is 0 Å². The highest BCUT2D eigenvalue weighted by Gasteiger charge is 2.27. The molecule has 4 heteroatoms. The molecule has 0 radical (unpaired) electrons. The van der Waals surface area contributed by atoms with Crippen molar-refractivity contribution < 1.29 is 9.47 Å². The van der Waals surface area contributed by atoms with Gasteiger partial charge in [0.15, 0.2) is 11.5 Å². The molecule has 88 valence electrons.